The molecule has 0 amide bonds. The van der Waals surface area contributed by atoms with E-state index in [-0.39, 0.29) is 0 Å². The third-order valence-electron chi connectivity index (χ3n) is 1.43. The van der Waals surface area contributed by atoms with Gasteiger partial charge in [-0.3, -0.25) is 0 Å². The molecular weight excluding hydrogens is 142 g/mol. The molecule has 0 aliphatic rings. The summed E-state index contributed by atoms with van der Waals surface area (Å²) < 4.78 is 5.24. The minimum atomic E-state index is -0.965. The molecular formula is C8H13NO2. The van der Waals surface area contributed by atoms with Crippen LogP contribution < -0.4 is 0 Å². The molecule has 0 spiro atoms. The van der Waals surface area contributed by atoms with Gasteiger partial charge < -0.3 is 9.52 Å². The van der Waals surface area contributed by atoms with E-state index >= 15 is 0 Å². The van der Waals surface area contributed by atoms with Crippen LogP contribution in [-0.4, -0.2) is 10.1 Å². The number of hydrogen-bond acceptors (Lipinski definition) is 3. The summed E-state index contributed by atoms with van der Waals surface area (Å²) in [5, 5.41) is 9.44. The molecule has 0 bridgehead atoms. The fourth-order valence-electron chi connectivity index (χ4n) is 0.754. The Morgan fingerprint density at radius 1 is 1.64 bits per heavy atom. The van der Waals surface area contributed by atoms with E-state index in [1.807, 2.05) is 6.92 Å². The van der Waals surface area contributed by atoms with E-state index < -0.39 is 5.60 Å². The van der Waals surface area contributed by atoms with Crippen LogP contribution in [0.5, 0.6) is 0 Å². The predicted octanol–water partition coefficient (Wildman–Crippen LogP) is 1.46. The lowest BCUT2D eigenvalue weighted by Crippen LogP contribution is -2.15. The monoisotopic (exact) mass is 155 g/mol. The van der Waals surface area contributed by atoms with Gasteiger partial charge in [0.15, 0.2) is 0 Å². The first-order valence-corrected chi connectivity index (χ1v) is 3.71. The van der Waals surface area contributed by atoms with Gasteiger partial charge >= 0.3 is 0 Å². The van der Waals surface area contributed by atoms with Gasteiger partial charge in [0.05, 0.1) is 6.20 Å². The van der Waals surface area contributed by atoms with Gasteiger partial charge in [-0.25, -0.2) is 4.98 Å². The van der Waals surface area contributed by atoms with Gasteiger partial charge in [0.1, 0.15) is 11.4 Å². The Bertz CT molecular complexity index is 234. The van der Waals surface area contributed by atoms with Crippen molar-refractivity contribution in [2.24, 2.45) is 0 Å². The van der Waals surface area contributed by atoms with Crippen LogP contribution in [0.2, 0.25) is 0 Å². The minimum Gasteiger partial charge on any atom is -0.443 e. The highest BCUT2D eigenvalue weighted by Crippen LogP contribution is 2.18. The molecule has 1 N–H and O–H groups in total. The van der Waals surface area contributed by atoms with Gasteiger partial charge in [-0.2, -0.15) is 0 Å². The van der Waals surface area contributed by atoms with E-state index in [1.165, 1.54) is 0 Å². The summed E-state index contributed by atoms with van der Waals surface area (Å²) in [6.45, 7) is 5.28. The quantitative estimate of drug-likeness (QED) is 0.703. The topological polar surface area (TPSA) is 46.3 Å². The Balaban J connectivity index is 2.89. The van der Waals surface area contributed by atoms with Crippen molar-refractivity contribution in [2.45, 2.75) is 32.8 Å². The fourth-order valence-corrected chi connectivity index (χ4v) is 0.754. The zero-order chi connectivity index (χ0) is 8.48. The van der Waals surface area contributed by atoms with Crippen molar-refractivity contribution in [3.63, 3.8) is 0 Å². The van der Waals surface area contributed by atoms with Crippen LogP contribution in [0.25, 0.3) is 0 Å². The third-order valence-corrected chi connectivity index (χ3v) is 1.43. The number of hydrogen-bond donors (Lipinski definition) is 1. The molecule has 0 radical (unpaired) electrons. The van der Waals surface area contributed by atoms with Gasteiger partial charge in [0.25, 0.3) is 0 Å². The number of rotatable bonds is 2. The van der Waals surface area contributed by atoms with Gasteiger partial charge in [0, 0.05) is 6.42 Å². The highest BCUT2D eigenvalue weighted by atomic mass is 16.4. The summed E-state index contributed by atoms with van der Waals surface area (Å²) in [6, 6.07) is 0. The van der Waals surface area contributed by atoms with E-state index in [2.05, 4.69) is 4.98 Å². The lowest BCUT2D eigenvalue weighted by molar-refractivity contribution is 0.0472. The molecule has 1 heterocycles. The molecule has 0 atom stereocenters. The molecule has 3 nitrogen and oxygen atoms in total. The maximum absolute atomic E-state index is 9.44. The second-order valence-electron chi connectivity index (χ2n) is 3.04. The molecule has 3 heteroatoms. The Morgan fingerprint density at radius 3 is 2.55 bits per heavy atom. The van der Waals surface area contributed by atoms with Gasteiger partial charge in [0.2, 0.25) is 5.89 Å². The zero-order valence-corrected chi connectivity index (χ0v) is 7.09. The van der Waals surface area contributed by atoms with Crippen molar-refractivity contribution in [3.05, 3.63) is 17.8 Å². The maximum Gasteiger partial charge on any atom is 0.225 e. The molecule has 0 saturated carbocycles. The van der Waals surface area contributed by atoms with E-state index in [0.717, 1.165) is 12.2 Å². The molecule has 0 aliphatic carbocycles. The van der Waals surface area contributed by atoms with E-state index in [4.69, 9.17) is 4.42 Å². The van der Waals surface area contributed by atoms with Crippen molar-refractivity contribution in [1.29, 1.82) is 0 Å². The first-order valence-electron chi connectivity index (χ1n) is 3.71. The number of aliphatic hydroxyl groups is 1. The Hall–Kier alpha value is -0.830. The SMILES string of the molecule is CCc1cnc(C(C)(C)O)o1. The van der Waals surface area contributed by atoms with Crippen molar-refractivity contribution in [3.8, 4) is 0 Å². The molecule has 0 unspecified atom stereocenters. The van der Waals surface area contributed by atoms with Crippen LogP contribution in [0.3, 0.4) is 0 Å². The number of aryl methyl sites for hydroxylation is 1. The average Bonchev–Trinajstić information content (AvgIpc) is 2.32. The second kappa shape index (κ2) is 2.66. The Morgan fingerprint density at radius 2 is 2.27 bits per heavy atom. The second-order valence-corrected chi connectivity index (χ2v) is 3.04. The molecule has 0 aliphatic heterocycles. The van der Waals surface area contributed by atoms with E-state index in [1.54, 1.807) is 20.0 Å². The minimum absolute atomic E-state index is 0.384. The van der Waals surface area contributed by atoms with E-state index in [9.17, 15) is 5.11 Å². The first kappa shape index (κ1) is 8.27. The molecule has 62 valence electrons. The van der Waals surface area contributed by atoms with Crippen molar-refractivity contribution in [1.82, 2.24) is 4.98 Å². The van der Waals surface area contributed by atoms with Gasteiger partial charge in [-0.15, -0.1) is 0 Å². The predicted molar refractivity (Wildman–Crippen MR) is 41.1 cm³/mol. The lowest BCUT2D eigenvalue weighted by atomic mass is 10.1. The standard InChI is InChI=1S/C8H13NO2/c1-4-6-5-9-7(11-6)8(2,3)10/h5,10H,4H2,1-3H3. The van der Waals surface area contributed by atoms with Crippen LogP contribution in [0.15, 0.2) is 10.6 Å². The van der Waals surface area contributed by atoms with Crippen LogP contribution in [-0.2, 0) is 12.0 Å². The van der Waals surface area contributed by atoms with Crippen molar-refractivity contribution < 1.29 is 9.52 Å². The highest BCUT2D eigenvalue weighted by molar-refractivity contribution is 4.99. The van der Waals surface area contributed by atoms with Crippen LogP contribution in [0.4, 0.5) is 0 Å². The first-order chi connectivity index (χ1) is 5.04. The average molecular weight is 155 g/mol. The normalized spacial score (nSPS) is 12.0. The zero-order valence-electron chi connectivity index (χ0n) is 7.09. The largest absolute Gasteiger partial charge is 0.443 e. The van der Waals surface area contributed by atoms with Crippen molar-refractivity contribution in [2.75, 3.05) is 0 Å². The summed E-state index contributed by atoms with van der Waals surface area (Å²) in [5.74, 6) is 1.19. The fraction of sp³-hybridized carbons (Fsp3) is 0.625. The van der Waals surface area contributed by atoms with Crippen molar-refractivity contribution >= 4 is 0 Å². The highest BCUT2D eigenvalue weighted by Gasteiger charge is 2.21. The summed E-state index contributed by atoms with van der Waals surface area (Å²) in [6.07, 6.45) is 2.45. The number of aromatic nitrogens is 1. The molecule has 0 aromatic carbocycles. The van der Waals surface area contributed by atoms with Gasteiger partial charge in [-0.1, -0.05) is 6.92 Å². The summed E-state index contributed by atoms with van der Waals surface area (Å²) >= 11 is 0. The molecule has 0 fully saturated rings. The summed E-state index contributed by atoms with van der Waals surface area (Å²) in [4.78, 5) is 3.94. The van der Waals surface area contributed by atoms with Crippen LogP contribution in [0.1, 0.15) is 32.4 Å². The molecule has 0 saturated heterocycles. The Labute approximate surface area is 66.1 Å². The molecule has 1 rings (SSSR count). The summed E-state index contributed by atoms with van der Waals surface area (Å²) in [7, 11) is 0. The number of oxazole rings is 1. The third kappa shape index (κ3) is 1.80. The number of nitrogens with zero attached hydrogens (tertiary/aromatic N) is 1. The smallest absolute Gasteiger partial charge is 0.225 e. The molecule has 1 aromatic rings. The van der Waals surface area contributed by atoms with E-state index in [0.29, 0.717) is 5.89 Å². The summed E-state index contributed by atoms with van der Waals surface area (Å²) in [5.41, 5.74) is -0.965. The Kier molecular flexibility index (Phi) is 2.00. The van der Waals surface area contributed by atoms with Crippen LogP contribution >= 0.6 is 0 Å². The van der Waals surface area contributed by atoms with Gasteiger partial charge in [-0.05, 0) is 13.8 Å². The maximum atomic E-state index is 9.44. The van der Waals surface area contributed by atoms with Crippen LogP contribution in [0, 0.1) is 0 Å². The molecule has 11 heavy (non-hydrogen) atoms. The molecule has 1 aromatic heterocycles. The lowest BCUT2D eigenvalue weighted by Gasteiger charge is -2.10.